The van der Waals surface area contributed by atoms with Crippen molar-refractivity contribution in [3.05, 3.63) is 60.2 Å². The second-order valence-corrected chi connectivity index (χ2v) is 4.27. The van der Waals surface area contributed by atoms with Crippen LogP contribution in [0.1, 0.15) is 5.56 Å². The molecule has 0 saturated heterocycles. The molecule has 0 bridgehead atoms. The van der Waals surface area contributed by atoms with Crippen molar-refractivity contribution in [2.75, 3.05) is 11.1 Å². The van der Waals surface area contributed by atoms with Gasteiger partial charge in [0.05, 0.1) is 0 Å². The number of nitrogen functional groups attached to an aromatic ring is 1. The minimum Gasteiger partial charge on any atom is -0.399 e. The van der Waals surface area contributed by atoms with Gasteiger partial charge in [-0.1, -0.05) is 30.3 Å². The number of nitrogens with two attached hydrogens (primary N) is 1. The number of hydrogen-bond acceptors (Lipinski definition) is 2. The summed E-state index contributed by atoms with van der Waals surface area (Å²) in [7, 11) is 0. The fourth-order valence-electron chi connectivity index (χ4n) is 1.70. The maximum atomic E-state index is 13.8. The highest BCUT2D eigenvalue weighted by Gasteiger charge is 2.17. The van der Waals surface area contributed by atoms with Gasteiger partial charge in [-0.3, -0.25) is 4.79 Å². The van der Waals surface area contributed by atoms with Gasteiger partial charge in [-0.25, -0.2) is 4.39 Å². The molecule has 0 unspecified atom stereocenters. The third kappa shape index (κ3) is 3.81. The van der Waals surface area contributed by atoms with Gasteiger partial charge in [-0.05, 0) is 29.8 Å². The molecule has 2 rings (SSSR count). The first-order chi connectivity index (χ1) is 9.15. The number of amides is 1. The molecule has 1 atom stereocenters. The summed E-state index contributed by atoms with van der Waals surface area (Å²) in [5, 5.41) is 2.52. The van der Waals surface area contributed by atoms with Crippen molar-refractivity contribution in [2.45, 2.75) is 12.6 Å². The first kappa shape index (κ1) is 13.1. The molecule has 0 saturated carbocycles. The zero-order chi connectivity index (χ0) is 13.7. The van der Waals surface area contributed by atoms with Gasteiger partial charge in [0.1, 0.15) is 0 Å². The third-order valence-corrected chi connectivity index (χ3v) is 2.72. The fourth-order valence-corrected chi connectivity index (χ4v) is 1.70. The molecule has 0 aliphatic rings. The van der Waals surface area contributed by atoms with Crippen LogP contribution in [-0.2, 0) is 11.2 Å². The van der Waals surface area contributed by atoms with Crippen LogP contribution in [0.25, 0.3) is 0 Å². The Morgan fingerprint density at radius 3 is 2.37 bits per heavy atom. The highest BCUT2D eigenvalue weighted by atomic mass is 19.1. The predicted molar refractivity (Wildman–Crippen MR) is 74.5 cm³/mol. The SMILES string of the molecule is Nc1ccc(NC(=O)[C@@H](F)Cc2ccccc2)cc1. The van der Waals surface area contributed by atoms with Crippen molar-refractivity contribution >= 4 is 17.3 Å². The van der Waals surface area contributed by atoms with Gasteiger partial charge in [0.25, 0.3) is 5.91 Å². The molecule has 0 heterocycles. The molecule has 2 aromatic rings. The molecule has 0 aromatic heterocycles. The van der Waals surface area contributed by atoms with Gasteiger partial charge in [-0.2, -0.15) is 0 Å². The van der Waals surface area contributed by atoms with E-state index in [1.165, 1.54) is 0 Å². The van der Waals surface area contributed by atoms with Gasteiger partial charge < -0.3 is 11.1 Å². The van der Waals surface area contributed by atoms with Crippen molar-refractivity contribution < 1.29 is 9.18 Å². The minimum absolute atomic E-state index is 0.0711. The first-order valence-electron chi connectivity index (χ1n) is 5.99. The highest BCUT2D eigenvalue weighted by molar-refractivity contribution is 5.94. The van der Waals surface area contributed by atoms with Gasteiger partial charge in [-0.15, -0.1) is 0 Å². The van der Waals surface area contributed by atoms with E-state index < -0.39 is 12.1 Å². The predicted octanol–water partition coefficient (Wildman–Crippen LogP) is 2.79. The molecule has 19 heavy (non-hydrogen) atoms. The number of alkyl halides is 1. The van der Waals surface area contributed by atoms with E-state index >= 15 is 0 Å². The number of anilines is 2. The van der Waals surface area contributed by atoms with Crippen molar-refractivity contribution in [1.29, 1.82) is 0 Å². The molecule has 2 aromatic carbocycles. The van der Waals surface area contributed by atoms with E-state index in [9.17, 15) is 9.18 Å². The quantitative estimate of drug-likeness (QED) is 0.828. The number of rotatable bonds is 4. The Labute approximate surface area is 111 Å². The van der Waals surface area contributed by atoms with Crippen LogP contribution in [0.2, 0.25) is 0 Å². The molecular formula is C15H15FN2O. The van der Waals surface area contributed by atoms with E-state index in [0.717, 1.165) is 5.56 Å². The topological polar surface area (TPSA) is 55.1 Å². The lowest BCUT2D eigenvalue weighted by atomic mass is 10.1. The van der Waals surface area contributed by atoms with Crippen LogP contribution in [-0.4, -0.2) is 12.1 Å². The van der Waals surface area contributed by atoms with Crippen LogP contribution in [0.15, 0.2) is 54.6 Å². The molecule has 0 aliphatic carbocycles. The van der Waals surface area contributed by atoms with E-state index in [1.54, 1.807) is 36.4 Å². The van der Waals surface area contributed by atoms with Crippen molar-refractivity contribution in [3.8, 4) is 0 Å². The zero-order valence-electron chi connectivity index (χ0n) is 10.3. The van der Waals surface area contributed by atoms with E-state index in [1.807, 2.05) is 18.2 Å². The number of nitrogens with one attached hydrogen (secondary N) is 1. The molecule has 1 amide bonds. The largest absolute Gasteiger partial charge is 0.399 e. The maximum Gasteiger partial charge on any atom is 0.259 e. The Kier molecular flexibility index (Phi) is 4.13. The summed E-state index contributed by atoms with van der Waals surface area (Å²) in [6.45, 7) is 0. The Hall–Kier alpha value is -2.36. The molecule has 0 radical (unpaired) electrons. The van der Waals surface area contributed by atoms with E-state index in [0.29, 0.717) is 11.4 Å². The van der Waals surface area contributed by atoms with Crippen LogP contribution in [0.3, 0.4) is 0 Å². The Balaban J connectivity index is 1.94. The Morgan fingerprint density at radius 1 is 1.11 bits per heavy atom. The summed E-state index contributed by atoms with van der Waals surface area (Å²) in [5.74, 6) is -0.645. The lowest BCUT2D eigenvalue weighted by molar-refractivity contribution is -0.120. The number of hydrogen-bond donors (Lipinski definition) is 2. The van der Waals surface area contributed by atoms with Gasteiger partial charge in [0, 0.05) is 17.8 Å². The summed E-state index contributed by atoms with van der Waals surface area (Å²) < 4.78 is 13.8. The minimum atomic E-state index is -1.57. The van der Waals surface area contributed by atoms with E-state index in [4.69, 9.17) is 5.73 Å². The lowest BCUT2D eigenvalue weighted by Crippen LogP contribution is -2.25. The van der Waals surface area contributed by atoms with Gasteiger partial charge >= 0.3 is 0 Å². The lowest BCUT2D eigenvalue weighted by Gasteiger charge is -2.09. The standard InChI is InChI=1S/C15H15FN2O/c16-14(10-11-4-2-1-3-5-11)15(19)18-13-8-6-12(17)7-9-13/h1-9,14H,10,17H2,(H,18,19)/t14-/m0/s1. The molecule has 0 spiro atoms. The average Bonchev–Trinajstić information content (AvgIpc) is 2.42. The number of benzene rings is 2. The molecule has 98 valence electrons. The van der Waals surface area contributed by atoms with Gasteiger partial charge in [0.15, 0.2) is 6.17 Å². The fraction of sp³-hybridized carbons (Fsp3) is 0.133. The molecular weight excluding hydrogens is 243 g/mol. The van der Waals surface area contributed by atoms with Crippen molar-refractivity contribution in [1.82, 2.24) is 0 Å². The summed E-state index contributed by atoms with van der Waals surface area (Å²) in [6, 6.07) is 15.7. The highest BCUT2D eigenvalue weighted by Crippen LogP contribution is 2.13. The Bertz CT molecular complexity index is 540. The second kappa shape index (κ2) is 6.00. The second-order valence-electron chi connectivity index (χ2n) is 4.27. The van der Waals surface area contributed by atoms with Crippen LogP contribution in [0, 0.1) is 0 Å². The molecule has 3 N–H and O–H groups in total. The number of carbonyl (C=O) groups excluding carboxylic acids is 1. The van der Waals surface area contributed by atoms with Crippen LogP contribution in [0.5, 0.6) is 0 Å². The van der Waals surface area contributed by atoms with Crippen molar-refractivity contribution in [3.63, 3.8) is 0 Å². The first-order valence-corrected chi connectivity index (χ1v) is 5.99. The molecule has 4 heteroatoms. The normalized spacial score (nSPS) is 11.8. The van der Waals surface area contributed by atoms with Crippen LogP contribution >= 0.6 is 0 Å². The zero-order valence-corrected chi connectivity index (χ0v) is 10.3. The summed E-state index contributed by atoms with van der Waals surface area (Å²) in [4.78, 5) is 11.7. The smallest absolute Gasteiger partial charge is 0.259 e. The summed E-state index contributed by atoms with van der Waals surface area (Å²) in [6.07, 6.45) is -1.50. The van der Waals surface area contributed by atoms with E-state index in [-0.39, 0.29) is 6.42 Å². The molecule has 0 fully saturated rings. The maximum absolute atomic E-state index is 13.8. The monoisotopic (exact) mass is 258 g/mol. The number of carbonyl (C=O) groups is 1. The third-order valence-electron chi connectivity index (χ3n) is 2.72. The summed E-state index contributed by atoms with van der Waals surface area (Å²) in [5.41, 5.74) is 7.46. The Morgan fingerprint density at radius 2 is 1.74 bits per heavy atom. The summed E-state index contributed by atoms with van der Waals surface area (Å²) >= 11 is 0. The van der Waals surface area contributed by atoms with E-state index in [2.05, 4.69) is 5.32 Å². The van der Waals surface area contributed by atoms with Crippen LogP contribution < -0.4 is 11.1 Å². The van der Waals surface area contributed by atoms with Crippen LogP contribution in [0.4, 0.5) is 15.8 Å². The van der Waals surface area contributed by atoms with Crippen molar-refractivity contribution in [2.24, 2.45) is 0 Å². The number of halogens is 1. The van der Waals surface area contributed by atoms with Gasteiger partial charge in [0.2, 0.25) is 0 Å². The molecule has 0 aliphatic heterocycles. The molecule has 3 nitrogen and oxygen atoms in total. The average molecular weight is 258 g/mol.